The Balaban J connectivity index is 0.00000256. The van der Waals surface area contributed by atoms with Crippen LogP contribution in [0.2, 0.25) is 0 Å². The minimum Gasteiger partial charge on any atom is -0.415 e. The molecule has 3 aromatic rings. The Bertz CT molecular complexity index is 1050. The first-order valence-electron chi connectivity index (χ1n) is 9.34. The van der Waals surface area contributed by atoms with E-state index in [0.717, 1.165) is 16.8 Å². The van der Waals surface area contributed by atoms with Crippen LogP contribution in [0.1, 0.15) is 19.2 Å². The third kappa shape index (κ3) is 4.07. The number of nitrogens with zero attached hydrogens (tertiary/aromatic N) is 5. The molecule has 8 nitrogen and oxygen atoms in total. The van der Waals surface area contributed by atoms with Crippen molar-refractivity contribution < 1.29 is 15.4 Å². The number of carbonyl (C=O) groups is 1. The van der Waals surface area contributed by atoms with E-state index in [0.29, 0.717) is 42.7 Å². The number of aryl methyl sites for hydroxylation is 1. The van der Waals surface area contributed by atoms with Crippen molar-refractivity contribution in [2.24, 2.45) is 0 Å². The highest BCUT2D eigenvalue weighted by Crippen LogP contribution is 2.27. The van der Waals surface area contributed by atoms with Crippen molar-refractivity contribution in [3.8, 4) is 23.0 Å². The Hall–Kier alpha value is -3.39. The maximum absolute atomic E-state index is 12.0. The van der Waals surface area contributed by atoms with Gasteiger partial charge in [0.1, 0.15) is 12.3 Å². The average Bonchev–Trinajstić information content (AvgIpc) is 3.25. The molecule has 0 saturated carbocycles. The summed E-state index contributed by atoms with van der Waals surface area (Å²) < 4.78 is 10.8. The molecule has 8 heteroatoms. The maximum atomic E-state index is 12.0. The lowest BCUT2D eigenvalue weighted by Gasteiger charge is -2.26. The van der Waals surface area contributed by atoms with Gasteiger partial charge in [0.15, 0.2) is 0 Å². The van der Waals surface area contributed by atoms with E-state index in [4.69, 9.17) is 14.1 Å². The van der Waals surface area contributed by atoms with E-state index in [-0.39, 0.29) is 13.9 Å². The number of carbonyl (C=O) groups excluding carboxylic acids is 1. The predicted molar refractivity (Wildman–Crippen MR) is 109 cm³/mol. The van der Waals surface area contributed by atoms with Gasteiger partial charge in [-0.15, -0.1) is 10.2 Å². The van der Waals surface area contributed by atoms with Crippen molar-refractivity contribution in [3.05, 3.63) is 54.0 Å². The number of methoxy groups -OCH3 is 1. The summed E-state index contributed by atoms with van der Waals surface area (Å²) in [5, 5.41) is 8.30. The number of rotatable bonds is 5. The minimum absolute atomic E-state index is 0. The molecule has 150 valence electrons. The zero-order valence-corrected chi connectivity index (χ0v) is 16.3. The molecule has 3 heterocycles. The summed E-state index contributed by atoms with van der Waals surface area (Å²) in [4.78, 5) is 22.9. The first-order chi connectivity index (χ1) is 14.2. The summed E-state index contributed by atoms with van der Waals surface area (Å²) in [5.41, 5.74) is 3.93. The fourth-order valence-electron chi connectivity index (χ4n) is 3.17. The molecule has 0 radical (unpaired) electrons. The van der Waals surface area contributed by atoms with Crippen LogP contribution in [0.25, 0.3) is 28.6 Å². The highest BCUT2D eigenvalue weighted by molar-refractivity contribution is 5.79. The molecule has 0 saturated heterocycles. The van der Waals surface area contributed by atoms with Gasteiger partial charge in [-0.3, -0.25) is 9.78 Å². The molecule has 0 unspecified atom stereocenters. The minimum atomic E-state index is -0.0159. The summed E-state index contributed by atoms with van der Waals surface area (Å²) in [6, 6.07) is 9.59. The average molecular weight is 393 g/mol. The van der Waals surface area contributed by atoms with Crippen LogP contribution in [0.4, 0.5) is 0 Å². The van der Waals surface area contributed by atoms with E-state index >= 15 is 0 Å². The Morgan fingerprint density at radius 3 is 2.76 bits per heavy atom. The van der Waals surface area contributed by atoms with Gasteiger partial charge in [-0.1, -0.05) is 24.3 Å². The first kappa shape index (κ1) is 18.9. The van der Waals surface area contributed by atoms with Gasteiger partial charge in [-0.25, -0.2) is 4.98 Å². The van der Waals surface area contributed by atoms with Gasteiger partial charge >= 0.3 is 0 Å². The molecule has 0 aliphatic carbocycles. The second-order valence-corrected chi connectivity index (χ2v) is 6.72. The van der Waals surface area contributed by atoms with Crippen molar-refractivity contribution >= 4 is 11.5 Å². The molecule has 0 bridgehead atoms. The van der Waals surface area contributed by atoms with Gasteiger partial charge in [0, 0.05) is 27.2 Å². The third-order valence-corrected chi connectivity index (χ3v) is 4.76. The molecule has 1 aliphatic rings. The molecule has 1 amide bonds. The zero-order valence-electron chi connectivity index (χ0n) is 16.3. The zero-order chi connectivity index (χ0) is 20.2. The monoisotopic (exact) mass is 393 g/mol. The SMILES string of the molecule is COCC(=O)N1CC=C(c2cnc(C)c(-c3nnc(-c4ccccc4)o3)n2)CC1.[HH]. The van der Waals surface area contributed by atoms with Crippen molar-refractivity contribution in [1.29, 1.82) is 0 Å². The van der Waals surface area contributed by atoms with Crippen LogP contribution in [0.5, 0.6) is 0 Å². The topological polar surface area (TPSA) is 94.2 Å². The smallest absolute Gasteiger partial charge is 0.268 e. The molecule has 2 aromatic heterocycles. The summed E-state index contributed by atoms with van der Waals surface area (Å²) in [5.74, 6) is 0.762. The van der Waals surface area contributed by atoms with E-state index in [9.17, 15) is 4.79 Å². The van der Waals surface area contributed by atoms with Crippen LogP contribution in [-0.4, -0.2) is 57.8 Å². The largest absolute Gasteiger partial charge is 0.415 e. The van der Waals surface area contributed by atoms with Gasteiger partial charge < -0.3 is 14.1 Å². The lowest BCUT2D eigenvalue weighted by Crippen LogP contribution is -2.37. The highest BCUT2D eigenvalue weighted by Gasteiger charge is 2.20. The summed E-state index contributed by atoms with van der Waals surface area (Å²) in [7, 11) is 1.52. The van der Waals surface area contributed by atoms with E-state index in [2.05, 4.69) is 15.2 Å². The van der Waals surface area contributed by atoms with Gasteiger partial charge in [-0.05, 0) is 31.1 Å². The molecule has 0 N–H and O–H groups in total. The number of hydrogen-bond donors (Lipinski definition) is 0. The van der Waals surface area contributed by atoms with Crippen molar-refractivity contribution in [3.63, 3.8) is 0 Å². The second kappa shape index (κ2) is 8.32. The summed E-state index contributed by atoms with van der Waals surface area (Å²) in [6.07, 6.45) is 4.45. The fraction of sp³-hybridized carbons (Fsp3) is 0.286. The molecule has 0 spiro atoms. The number of hydrogen-bond acceptors (Lipinski definition) is 7. The van der Waals surface area contributed by atoms with E-state index in [1.807, 2.05) is 43.3 Å². The molecular weight excluding hydrogens is 370 g/mol. The summed E-state index contributed by atoms with van der Waals surface area (Å²) >= 11 is 0. The van der Waals surface area contributed by atoms with Crippen LogP contribution in [-0.2, 0) is 9.53 Å². The Kier molecular flexibility index (Phi) is 5.44. The quantitative estimate of drug-likeness (QED) is 0.657. The lowest BCUT2D eigenvalue weighted by atomic mass is 10.0. The Labute approximate surface area is 169 Å². The highest BCUT2D eigenvalue weighted by atomic mass is 16.5. The predicted octanol–water partition coefficient (Wildman–Crippen LogP) is 3.01. The van der Waals surface area contributed by atoms with Crippen LogP contribution >= 0.6 is 0 Å². The van der Waals surface area contributed by atoms with Gasteiger partial charge in [0.05, 0.1) is 17.6 Å². The van der Waals surface area contributed by atoms with E-state index in [1.165, 1.54) is 7.11 Å². The first-order valence-corrected chi connectivity index (χ1v) is 9.34. The summed E-state index contributed by atoms with van der Waals surface area (Å²) in [6.45, 7) is 3.11. The molecular formula is C21H23N5O3. The van der Waals surface area contributed by atoms with Crippen molar-refractivity contribution in [1.82, 2.24) is 25.1 Å². The third-order valence-electron chi connectivity index (χ3n) is 4.76. The van der Waals surface area contributed by atoms with Crippen molar-refractivity contribution in [2.75, 3.05) is 26.8 Å². The van der Waals surface area contributed by atoms with Crippen LogP contribution in [0, 0.1) is 6.92 Å². The lowest BCUT2D eigenvalue weighted by molar-refractivity contribution is -0.134. The number of aromatic nitrogens is 4. The number of amides is 1. The number of benzene rings is 1. The normalized spacial score (nSPS) is 14.0. The Morgan fingerprint density at radius 2 is 2.03 bits per heavy atom. The van der Waals surface area contributed by atoms with Gasteiger partial charge in [0.2, 0.25) is 11.8 Å². The van der Waals surface area contributed by atoms with E-state index < -0.39 is 0 Å². The molecule has 29 heavy (non-hydrogen) atoms. The molecule has 0 atom stereocenters. The Morgan fingerprint density at radius 1 is 1.24 bits per heavy atom. The van der Waals surface area contributed by atoms with E-state index in [1.54, 1.807) is 11.1 Å². The number of ether oxygens (including phenoxy) is 1. The van der Waals surface area contributed by atoms with Crippen molar-refractivity contribution in [2.45, 2.75) is 13.3 Å². The van der Waals surface area contributed by atoms with Crippen LogP contribution in [0.3, 0.4) is 0 Å². The maximum Gasteiger partial charge on any atom is 0.268 e. The molecule has 4 rings (SSSR count). The molecule has 0 fully saturated rings. The fourth-order valence-corrected chi connectivity index (χ4v) is 3.17. The van der Waals surface area contributed by atoms with Gasteiger partial charge in [0.25, 0.3) is 5.89 Å². The second-order valence-electron chi connectivity index (χ2n) is 6.72. The van der Waals surface area contributed by atoms with Crippen LogP contribution < -0.4 is 0 Å². The molecule has 1 aliphatic heterocycles. The van der Waals surface area contributed by atoms with Gasteiger partial charge in [-0.2, -0.15) is 0 Å². The van der Waals surface area contributed by atoms with Crippen LogP contribution in [0.15, 0.2) is 47.0 Å². The molecule has 1 aromatic carbocycles. The standard InChI is InChI=1S/C21H21N5O3.H2/c1-14-19(21-25-24-20(29-21)16-6-4-3-5-7-16)23-17(12-22-14)15-8-10-26(11-9-15)18(27)13-28-2;/h3-8,12H,9-11,13H2,1-2H3;1H.